The number of ether oxygens (including phenoxy) is 3. The first-order valence-electron chi connectivity index (χ1n) is 9.06. The first-order valence-corrected chi connectivity index (χ1v) is 9.06. The van der Waals surface area contributed by atoms with Crippen LogP contribution >= 0.6 is 0 Å². The van der Waals surface area contributed by atoms with Crippen LogP contribution < -0.4 is 21.5 Å². The third-order valence-corrected chi connectivity index (χ3v) is 3.69. The Kier molecular flexibility index (Phi) is 10.8. The molecule has 0 saturated carbocycles. The molecule has 0 heterocycles. The van der Waals surface area contributed by atoms with Gasteiger partial charge in [0.15, 0.2) is 0 Å². The van der Waals surface area contributed by atoms with Gasteiger partial charge in [-0.2, -0.15) is 0 Å². The van der Waals surface area contributed by atoms with Gasteiger partial charge < -0.3 is 24.8 Å². The van der Waals surface area contributed by atoms with Crippen molar-refractivity contribution in [1.29, 1.82) is 0 Å². The van der Waals surface area contributed by atoms with E-state index < -0.39 is 10.9 Å². The number of Topliss-reactive ketones (excluding diaryl/α,β-unsaturated/α-hetero) is 1. The fourth-order valence-electron chi connectivity index (χ4n) is 2.16. The van der Waals surface area contributed by atoms with Crippen LogP contribution in [0.1, 0.15) is 27.2 Å². The van der Waals surface area contributed by atoms with Gasteiger partial charge in [-0.25, -0.2) is 0 Å². The van der Waals surface area contributed by atoms with Crippen LogP contribution in [0.25, 0.3) is 0 Å². The van der Waals surface area contributed by atoms with E-state index >= 15 is 0 Å². The van der Waals surface area contributed by atoms with Gasteiger partial charge in [0.25, 0.3) is 10.9 Å². The molecule has 0 atom stereocenters. The highest BCUT2D eigenvalue weighted by Gasteiger charge is 2.19. The molecular formula is C18H30N2O6. The molecule has 0 aromatic heterocycles. The first-order chi connectivity index (χ1) is 12.5. The summed E-state index contributed by atoms with van der Waals surface area (Å²) in [5, 5.41) is 5.78. The van der Waals surface area contributed by atoms with Gasteiger partial charge in [0.05, 0.1) is 39.6 Å². The van der Waals surface area contributed by atoms with Crippen LogP contribution in [-0.4, -0.2) is 58.5 Å². The quantitative estimate of drug-likeness (QED) is 0.325. The summed E-state index contributed by atoms with van der Waals surface area (Å²) in [6, 6.07) is 0. The third-order valence-electron chi connectivity index (χ3n) is 3.69. The van der Waals surface area contributed by atoms with Gasteiger partial charge >= 0.3 is 0 Å². The van der Waals surface area contributed by atoms with Gasteiger partial charge in [-0.3, -0.25) is 14.4 Å². The first kappa shape index (κ1) is 22.3. The number of anilines is 2. The lowest BCUT2D eigenvalue weighted by Crippen LogP contribution is -2.38. The Morgan fingerprint density at radius 3 is 1.88 bits per heavy atom. The molecule has 0 aliphatic rings. The van der Waals surface area contributed by atoms with Gasteiger partial charge in [-0.15, -0.1) is 0 Å². The van der Waals surface area contributed by atoms with Gasteiger partial charge in [0.1, 0.15) is 17.2 Å². The smallest absolute Gasteiger partial charge is 0.253 e. The maximum atomic E-state index is 11.4. The van der Waals surface area contributed by atoms with Crippen LogP contribution in [0.5, 0.6) is 0 Å². The molecule has 2 N–H and O–H groups in total. The molecule has 1 aromatic carbocycles. The highest BCUT2D eigenvalue weighted by atomic mass is 16.5. The van der Waals surface area contributed by atoms with E-state index in [0.29, 0.717) is 70.5 Å². The predicted molar refractivity (Wildman–Crippen MR) is 101 cm³/mol. The zero-order valence-electron chi connectivity index (χ0n) is 15.9. The number of rotatable bonds is 16. The molecule has 0 fully saturated rings. The molecule has 1 aromatic rings. The van der Waals surface area contributed by atoms with E-state index in [4.69, 9.17) is 14.2 Å². The second-order valence-corrected chi connectivity index (χ2v) is 6.07. The van der Waals surface area contributed by atoms with Crippen LogP contribution in [0.15, 0.2) is 9.59 Å². The number of hydrogen-bond donors (Lipinski definition) is 2. The van der Waals surface area contributed by atoms with E-state index in [0.717, 1.165) is 0 Å². The molecule has 0 amide bonds. The maximum absolute atomic E-state index is 11.4. The topological polar surface area (TPSA) is 103 Å². The lowest BCUT2D eigenvalue weighted by Gasteiger charge is -2.13. The van der Waals surface area contributed by atoms with Gasteiger partial charge in [0, 0.05) is 25.4 Å². The van der Waals surface area contributed by atoms with Crippen molar-refractivity contribution in [2.45, 2.75) is 27.2 Å². The Bertz CT molecular complexity index is 607. The van der Waals surface area contributed by atoms with Crippen molar-refractivity contribution >= 4 is 17.2 Å². The molecule has 26 heavy (non-hydrogen) atoms. The second kappa shape index (κ2) is 12.6. The highest BCUT2D eigenvalue weighted by Crippen LogP contribution is 2.12. The lowest BCUT2D eigenvalue weighted by molar-refractivity contribution is -0.123. The number of carbonyl (C=O) groups is 1. The summed E-state index contributed by atoms with van der Waals surface area (Å²) in [6.07, 6.45) is 0.438. The SMILES string of the molecule is CCNc1c(NCCOCCOCCOCCC(=O)C(C)C)c(=O)c1=O. The molecule has 0 radical (unpaired) electrons. The van der Waals surface area contributed by atoms with E-state index in [9.17, 15) is 14.4 Å². The van der Waals surface area contributed by atoms with Crippen LogP contribution in [0.3, 0.4) is 0 Å². The van der Waals surface area contributed by atoms with Crippen LogP contribution in [0.4, 0.5) is 11.4 Å². The zero-order valence-corrected chi connectivity index (χ0v) is 15.9. The Morgan fingerprint density at radius 1 is 0.846 bits per heavy atom. The molecule has 1 rings (SSSR count). The fourth-order valence-corrected chi connectivity index (χ4v) is 2.16. The minimum Gasteiger partial charge on any atom is -0.380 e. The number of hydrogen-bond acceptors (Lipinski definition) is 8. The van der Waals surface area contributed by atoms with Crippen LogP contribution in [-0.2, 0) is 19.0 Å². The van der Waals surface area contributed by atoms with E-state index in [-0.39, 0.29) is 11.7 Å². The van der Waals surface area contributed by atoms with E-state index in [1.54, 1.807) is 0 Å². The summed E-state index contributed by atoms with van der Waals surface area (Å²) in [6.45, 7) is 9.25. The molecule has 8 nitrogen and oxygen atoms in total. The molecule has 8 heteroatoms. The summed E-state index contributed by atoms with van der Waals surface area (Å²) in [7, 11) is 0. The van der Waals surface area contributed by atoms with Gasteiger partial charge in [0.2, 0.25) is 0 Å². The van der Waals surface area contributed by atoms with Crippen molar-refractivity contribution in [3.8, 4) is 0 Å². The molecule has 0 aliphatic carbocycles. The Hall–Kier alpha value is -1.77. The van der Waals surface area contributed by atoms with Crippen molar-refractivity contribution < 1.29 is 19.0 Å². The zero-order chi connectivity index (χ0) is 19.4. The molecule has 0 bridgehead atoms. The van der Waals surface area contributed by atoms with E-state index in [1.807, 2.05) is 20.8 Å². The molecule has 0 unspecified atom stereocenters. The van der Waals surface area contributed by atoms with Gasteiger partial charge in [-0.05, 0) is 6.92 Å². The van der Waals surface area contributed by atoms with Crippen LogP contribution in [0.2, 0.25) is 0 Å². The minimum absolute atomic E-state index is 0.0511. The number of carbonyl (C=O) groups excluding carboxylic acids is 1. The number of ketones is 1. The number of nitrogens with one attached hydrogen (secondary N) is 2. The van der Waals surface area contributed by atoms with Crippen LogP contribution in [0, 0.1) is 5.92 Å². The molecule has 0 aliphatic heterocycles. The molecule has 0 spiro atoms. The van der Waals surface area contributed by atoms with E-state index in [1.165, 1.54) is 0 Å². The van der Waals surface area contributed by atoms with Crippen molar-refractivity contribution in [1.82, 2.24) is 0 Å². The third kappa shape index (κ3) is 7.63. The Morgan fingerprint density at radius 2 is 1.35 bits per heavy atom. The normalized spacial score (nSPS) is 11.2. The summed E-state index contributed by atoms with van der Waals surface area (Å²) in [4.78, 5) is 34.1. The highest BCUT2D eigenvalue weighted by molar-refractivity contribution is 5.80. The van der Waals surface area contributed by atoms with Gasteiger partial charge in [-0.1, -0.05) is 13.8 Å². The summed E-state index contributed by atoms with van der Waals surface area (Å²) in [5.41, 5.74) is -0.264. The average molecular weight is 370 g/mol. The minimum atomic E-state index is -0.487. The average Bonchev–Trinajstić information content (AvgIpc) is 2.63. The lowest BCUT2D eigenvalue weighted by atomic mass is 10.1. The fraction of sp³-hybridized carbons (Fsp3) is 0.722. The molecule has 0 saturated heterocycles. The summed E-state index contributed by atoms with van der Waals surface area (Å²) in [5.74, 6) is 0.254. The molecular weight excluding hydrogens is 340 g/mol. The standard InChI is InChI=1S/C18H30N2O6/c1-4-19-15-16(18(23)17(15)22)20-6-8-25-10-12-26-11-9-24-7-5-14(21)13(2)3/h13,19-20H,4-12H2,1-3H3. The summed E-state index contributed by atoms with van der Waals surface area (Å²) < 4.78 is 16.1. The summed E-state index contributed by atoms with van der Waals surface area (Å²) >= 11 is 0. The van der Waals surface area contributed by atoms with Crippen molar-refractivity contribution in [3.05, 3.63) is 20.4 Å². The predicted octanol–water partition coefficient (Wildman–Crippen LogP) is 0.791. The largest absolute Gasteiger partial charge is 0.380 e. The monoisotopic (exact) mass is 370 g/mol. The van der Waals surface area contributed by atoms with Crippen molar-refractivity contribution in [2.75, 3.05) is 63.4 Å². The van der Waals surface area contributed by atoms with E-state index in [2.05, 4.69) is 10.6 Å². The van der Waals surface area contributed by atoms with Crippen molar-refractivity contribution in [3.63, 3.8) is 0 Å². The maximum Gasteiger partial charge on any atom is 0.253 e. The Balaban J connectivity index is 1.93. The molecule has 148 valence electrons. The van der Waals surface area contributed by atoms with Crippen molar-refractivity contribution in [2.24, 2.45) is 5.92 Å². The Labute approximate surface area is 153 Å². The second-order valence-electron chi connectivity index (χ2n) is 6.07.